The van der Waals surface area contributed by atoms with Crippen molar-refractivity contribution >= 4 is 6.21 Å². The second-order valence-corrected chi connectivity index (χ2v) is 2.05. The maximum atomic E-state index is 4.02. The third-order valence-electron chi connectivity index (χ3n) is 1.20. The maximum Gasteiger partial charge on any atom is 0.130 e. The molecule has 0 fully saturated rings. The smallest absolute Gasteiger partial charge is 0.130 e. The second-order valence-electron chi connectivity index (χ2n) is 2.05. The van der Waals surface area contributed by atoms with E-state index < -0.39 is 0 Å². The summed E-state index contributed by atoms with van der Waals surface area (Å²) in [7, 11) is 3.48. The summed E-state index contributed by atoms with van der Waals surface area (Å²) in [6, 6.07) is 0. The molecule has 0 aromatic carbocycles. The molecule has 0 radical (unpaired) electrons. The Morgan fingerprint density at radius 2 is 2.18 bits per heavy atom. The van der Waals surface area contributed by atoms with Gasteiger partial charge >= 0.3 is 0 Å². The predicted molar refractivity (Wildman–Crippen MR) is 45.3 cm³/mol. The minimum absolute atomic E-state index is 0.0647. The zero-order valence-electron chi connectivity index (χ0n) is 7.44. The van der Waals surface area contributed by atoms with Gasteiger partial charge in [-0.1, -0.05) is 5.22 Å². The van der Waals surface area contributed by atoms with E-state index in [4.69, 9.17) is 0 Å². The molecule has 1 unspecified atom stereocenters. The second kappa shape index (κ2) is 5.64. The van der Waals surface area contributed by atoms with E-state index in [1.807, 2.05) is 20.9 Å². The van der Waals surface area contributed by atoms with Gasteiger partial charge in [0.1, 0.15) is 6.17 Å². The van der Waals surface area contributed by atoms with Crippen LogP contribution in [-0.4, -0.2) is 31.5 Å². The van der Waals surface area contributed by atoms with Crippen molar-refractivity contribution in [3.05, 3.63) is 0 Å². The third-order valence-corrected chi connectivity index (χ3v) is 1.20. The molecule has 0 aromatic rings. The summed E-state index contributed by atoms with van der Waals surface area (Å²) in [5.41, 5.74) is 2.79. The van der Waals surface area contributed by atoms with E-state index in [0.29, 0.717) is 0 Å². The normalized spacial score (nSPS) is 14.2. The van der Waals surface area contributed by atoms with E-state index in [1.165, 1.54) is 0 Å². The van der Waals surface area contributed by atoms with E-state index in [-0.39, 0.29) is 6.17 Å². The van der Waals surface area contributed by atoms with Crippen LogP contribution in [0.25, 0.3) is 0 Å². The van der Waals surface area contributed by atoms with Crippen LogP contribution in [0.5, 0.6) is 0 Å². The van der Waals surface area contributed by atoms with Crippen LogP contribution in [-0.2, 0) is 0 Å². The zero-order chi connectivity index (χ0) is 8.69. The van der Waals surface area contributed by atoms with Crippen molar-refractivity contribution in [2.45, 2.75) is 20.0 Å². The molecule has 0 saturated heterocycles. The molecule has 0 saturated carbocycles. The van der Waals surface area contributed by atoms with Gasteiger partial charge in [0, 0.05) is 13.3 Å². The lowest BCUT2D eigenvalue weighted by Crippen LogP contribution is -2.34. The van der Waals surface area contributed by atoms with Gasteiger partial charge in [-0.25, -0.2) is 0 Å². The molecule has 64 valence electrons. The first-order valence-electron chi connectivity index (χ1n) is 3.48. The maximum absolute atomic E-state index is 4.02. The van der Waals surface area contributed by atoms with E-state index in [2.05, 4.69) is 20.9 Å². The molecule has 1 N–H and O–H groups in total. The number of hydrogen-bond donors (Lipinski definition) is 1. The summed E-state index contributed by atoms with van der Waals surface area (Å²) in [6.07, 6.45) is 1.79. The first kappa shape index (κ1) is 9.87. The monoisotopic (exact) mass is 157 g/mol. The van der Waals surface area contributed by atoms with Crippen molar-refractivity contribution < 1.29 is 0 Å². The Balaban J connectivity index is 3.72. The number of nitrogens with one attached hydrogen (secondary N) is 1. The van der Waals surface area contributed by atoms with Crippen LogP contribution < -0.4 is 5.43 Å². The highest BCUT2D eigenvalue weighted by molar-refractivity contribution is 5.52. The van der Waals surface area contributed by atoms with Crippen molar-refractivity contribution in [3.8, 4) is 0 Å². The molecule has 0 rings (SSSR count). The Morgan fingerprint density at radius 3 is 2.64 bits per heavy atom. The van der Waals surface area contributed by atoms with Gasteiger partial charge in [-0.05, 0) is 13.8 Å². The average molecular weight is 157 g/mol. The molecule has 5 nitrogen and oxygen atoms in total. The van der Waals surface area contributed by atoms with Crippen LogP contribution in [0.3, 0.4) is 0 Å². The van der Waals surface area contributed by atoms with E-state index in [9.17, 15) is 0 Å². The lowest BCUT2D eigenvalue weighted by atomic mass is 10.6. The van der Waals surface area contributed by atoms with Crippen LogP contribution in [0.2, 0.25) is 0 Å². The van der Waals surface area contributed by atoms with E-state index in [0.717, 1.165) is 0 Å². The van der Waals surface area contributed by atoms with Gasteiger partial charge in [-0.3, -0.25) is 10.4 Å². The van der Waals surface area contributed by atoms with E-state index >= 15 is 0 Å². The molecule has 0 aromatic heterocycles. The summed E-state index contributed by atoms with van der Waals surface area (Å²) in [5, 5.41) is 13.0. The van der Waals surface area contributed by atoms with Crippen molar-refractivity contribution in [3.63, 3.8) is 0 Å². The zero-order valence-corrected chi connectivity index (χ0v) is 7.44. The number of hydrazone groups is 1. The Kier molecular flexibility index (Phi) is 5.06. The van der Waals surface area contributed by atoms with Gasteiger partial charge in [-0.2, -0.15) is 10.2 Å². The van der Waals surface area contributed by atoms with Crippen LogP contribution in [0, 0.1) is 0 Å². The first-order chi connectivity index (χ1) is 5.22. The summed E-state index contributed by atoms with van der Waals surface area (Å²) in [4.78, 5) is 0. The van der Waals surface area contributed by atoms with Crippen molar-refractivity contribution in [2.24, 2.45) is 15.4 Å². The molecule has 0 aliphatic rings. The Bertz CT molecular complexity index is 142. The van der Waals surface area contributed by atoms with Gasteiger partial charge < -0.3 is 0 Å². The minimum Gasteiger partial charge on any atom is -0.277 e. The van der Waals surface area contributed by atoms with Crippen molar-refractivity contribution in [1.82, 2.24) is 10.4 Å². The van der Waals surface area contributed by atoms with Crippen LogP contribution in [0.4, 0.5) is 0 Å². The molecular weight excluding hydrogens is 142 g/mol. The van der Waals surface area contributed by atoms with Crippen molar-refractivity contribution in [2.75, 3.05) is 14.1 Å². The number of nitrogens with zero attached hydrogens (tertiary/aromatic N) is 4. The molecule has 0 bridgehead atoms. The van der Waals surface area contributed by atoms with E-state index in [1.54, 1.807) is 18.3 Å². The average Bonchev–Trinajstić information content (AvgIpc) is 2.00. The highest BCUT2D eigenvalue weighted by Crippen LogP contribution is 1.90. The lowest BCUT2D eigenvalue weighted by molar-refractivity contribution is 0.229. The fourth-order valence-electron chi connectivity index (χ4n) is 0.507. The summed E-state index contributed by atoms with van der Waals surface area (Å²) in [6.45, 7) is 3.81. The molecule has 5 heteroatoms. The molecule has 0 aliphatic heterocycles. The van der Waals surface area contributed by atoms with Gasteiger partial charge in [0.05, 0.1) is 7.05 Å². The van der Waals surface area contributed by atoms with Crippen LogP contribution >= 0.6 is 0 Å². The Morgan fingerprint density at radius 1 is 1.55 bits per heavy atom. The fourth-order valence-corrected chi connectivity index (χ4v) is 0.507. The standard InChI is InChI=1S/C6H15N5/c1-5-8-11(4)6(2)9-10-7-3/h5-6H,1-4H3,(H,7,9)/b8-5-. The number of rotatable bonds is 4. The highest BCUT2D eigenvalue weighted by Gasteiger charge is 2.01. The van der Waals surface area contributed by atoms with Gasteiger partial charge in [0.15, 0.2) is 0 Å². The van der Waals surface area contributed by atoms with Gasteiger partial charge in [-0.15, -0.1) is 0 Å². The molecule has 0 spiro atoms. The summed E-state index contributed by atoms with van der Waals surface area (Å²) in [5.74, 6) is 0. The van der Waals surface area contributed by atoms with Crippen molar-refractivity contribution in [1.29, 1.82) is 0 Å². The van der Waals surface area contributed by atoms with Gasteiger partial charge in [0.25, 0.3) is 0 Å². The molecule has 11 heavy (non-hydrogen) atoms. The summed E-state index contributed by atoms with van der Waals surface area (Å²) >= 11 is 0. The fraction of sp³-hybridized carbons (Fsp3) is 0.833. The molecular formula is C6H15N5. The predicted octanol–water partition coefficient (Wildman–Crippen LogP) is 0.857. The number of hydrogen-bond acceptors (Lipinski definition) is 4. The quantitative estimate of drug-likeness (QED) is 0.285. The highest BCUT2D eigenvalue weighted by atomic mass is 15.6. The molecule has 1 atom stereocenters. The lowest BCUT2D eigenvalue weighted by Gasteiger charge is -2.19. The largest absolute Gasteiger partial charge is 0.277 e. The molecule has 0 heterocycles. The topological polar surface area (TPSA) is 52.3 Å². The Hall–Kier alpha value is -1.13. The molecule has 0 amide bonds. The molecule has 0 aliphatic carbocycles. The van der Waals surface area contributed by atoms with Crippen LogP contribution in [0.1, 0.15) is 13.8 Å². The first-order valence-corrected chi connectivity index (χ1v) is 3.48. The van der Waals surface area contributed by atoms with Gasteiger partial charge in [0.2, 0.25) is 0 Å². The SMILES string of the molecule is C/C=N\N(C)C(C)NN=NC. The summed E-state index contributed by atoms with van der Waals surface area (Å²) < 4.78 is 0. The third kappa shape index (κ3) is 4.30. The Labute approximate surface area is 67.2 Å². The van der Waals surface area contributed by atoms with Crippen LogP contribution in [0.15, 0.2) is 15.4 Å². The minimum atomic E-state index is 0.0647.